The highest BCUT2D eigenvalue weighted by Crippen LogP contribution is 2.67. The zero-order valence-corrected chi connectivity index (χ0v) is 21.5. The first-order chi connectivity index (χ1) is 17.4. The average Bonchev–Trinajstić information content (AvgIpc) is 3.19. The molecule has 2 bridgehead atoms. The quantitative estimate of drug-likeness (QED) is 0.365. The number of sulfonamides is 1. The first-order valence-corrected chi connectivity index (χ1v) is 13.8. The largest absolute Gasteiger partial charge is 0.218 e. The lowest BCUT2D eigenvalue weighted by Gasteiger charge is -2.41. The molecule has 2 aromatic carbocycles. The van der Waals surface area contributed by atoms with Crippen molar-refractivity contribution in [3.8, 4) is 11.3 Å². The van der Waals surface area contributed by atoms with Gasteiger partial charge in [0.1, 0.15) is 23.3 Å². The Kier molecular flexibility index (Phi) is 6.18. The van der Waals surface area contributed by atoms with Gasteiger partial charge < -0.3 is 0 Å². The van der Waals surface area contributed by atoms with E-state index in [1.165, 1.54) is 10.4 Å². The number of nitrogens with zero attached hydrogens (tertiary/aromatic N) is 3. The number of hydrogen-bond donors (Lipinski definition) is 0. The summed E-state index contributed by atoms with van der Waals surface area (Å²) >= 11 is 0. The van der Waals surface area contributed by atoms with Crippen LogP contribution < -0.4 is 0 Å². The second kappa shape index (κ2) is 8.87. The van der Waals surface area contributed by atoms with Crippen LogP contribution in [0.15, 0.2) is 42.5 Å². The molecule has 5 rings (SSSR count). The maximum Gasteiger partial charge on any atom is 0.218 e. The van der Waals surface area contributed by atoms with Gasteiger partial charge in [0.2, 0.25) is 10.0 Å². The van der Waals surface area contributed by atoms with Gasteiger partial charge in [-0.15, -0.1) is 0 Å². The molecule has 0 unspecified atom stereocenters. The van der Waals surface area contributed by atoms with Crippen molar-refractivity contribution in [1.29, 1.82) is 0 Å². The minimum absolute atomic E-state index is 0.00587. The predicted octanol–water partition coefficient (Wildman–Crippen LogP) is 5.71. The summed E-state index contributed by atoms with van der Waals surface area (Å²) in [6, 6.07) is 8.03. The van der Waals surface area contributed by atoms with Gasteiger partial charge in [0, 0.05) is 24.1 Å². The van der Waals surface area contributed by atoms with E-state index >= 15 is 0 Å². The summed E-state index contributed by atoms with van der Waals surface area (Å²) in [7, 11) is -4.02. The van der Waals surface area contributed by atoms with Crippen molar-refractivity contribution in [2.24, 2.45) is 5.41 Å². The van der Waals surface area contributed by atoms with Gasteiger partial charge in [0.25, 0.3) is 0 Å². The molecule has 0 aliphatic heterocycles. The Balaban J connectivity index is 1.53. The van der Waals surface area contributed by atoms with E-state index in [1.807, 2.05) is 13.8 Å². The fourth-order valence-corrected chi connectivity index (χ4v) is 7.90. The van der Waals surface area contributed by atoms with Crippen LogP contribution in [0.5, 0.6) is 0 Å². The van der Waals surface area contributed by atoms with E-state index in [0.29, 0.717) is 12.1 Å². The van der Waals surface area contributed by atoms with E-state index in [-0.39, 0.29) is 35.8 Å². The van der Waals surface area contributed by atoms with Crippen LogP contribution in [0.2, 0.25) is 0 Å². The average molecular weight is 534 g/mol. The predicted molar refractivity (Wildman–Crippen MR) is 131 cm³/mol. The maximum absolute atomic E-state index is 14.5. The molecule has 1 aromatic heterocycles. The smallest absolute Gasteiger partial charge is 0.212 e. The molecule has 0 saturated heterocycles. The molecule has 37 heavy (non-hydrogen) atoms. The van der Waals surface area contributed by atoms with Gasteiger partial charge in [-0.2, -0.15) is 10.2 Å². The van der Waals surface area contributed by atoms with Crippen LogP contribution in [0, 0.1) is 28.7 Å². The summed E-state index contributed by atoms with van der Waals surface area (Å²) in [5.74, 6) is -3.65. The lowest BCUT2D eigenvalue weighted by atomic mass is 9.68. The van der Waals surface area contributed by atoms with Crippen LogP contribution in [0.1, 0.15) is 56.4 Å². The molecule has 1 saturated carbocycles. The first kappa shape index (κ1) is 25.8. The molecule has 2 aliphatic carbocycles. The zero-order chi connectivity index (χ0) is 26.8. The Morgan fingerprint density at radius 2 is 1.70 bits per heavy atom. The van der Waals surface area contributed by atoms with Gasteiger partial charge in [-0.25, -0.2) is 30.3 Å². The summed E-state index contributed by atoms with van der Waals surface area (Å²) in [5, 5.41) is 8.60. The van der Waals surface area contributed by atoms with Crippen molar-refractivity contribution in [3.05, 3.63) is 82.6 Å². The number of hydrogen-bond acceptors (Lipinski definition) is 4. The Hall–Kier alpha value is -2.85. The Morgan fingerprint density at radius 3 is 2.38 bits per heavy atom. The van der Waals surface area contributed by atoms with Gasteiger partial charge in [0.15, 0.2) is 0 Å². The summed E-state index contributed by atoms with van der Waals surface area (Å²) in [5.41, 5.74) is -0.0768. The van der Waals surface area contributed by atoms with Gasteiger partial charge in [-0.05, 0) is 66.1 Å². The van der Waals surface area contributed by atoms with Crippen molar-refractivity contribution in [2.75, 3.05) is 13.1 Å². The van der Waals surface area contributed by atoms with Crippen molar-refractivity contribution in [2.45, 2.75) is 50.7 Å². The molecule has 196 valence electrons. The summed E-state index contributed by atoms with van der Waals surface area (Å²) in [4.78, 5) is 0. The van der Waals surface area contributed by atoms with Crippen LogP contribution in [0.4, 0.5) is 17.6 Å². The molecule has 3 aromatic rings. The van der Waals surface area contributed by atoms with E-state index in [4.69, 9.17) is 0 Å². The lowest BCUT2D eigenvalue weighted by Crippen LogP contribution is -2.48. The SMILES string of the molecule is CCN(C[C@@]12CC[C@@H](c3cc(-c4c(F)cccc4F)nnc31)C2(C)C)S(=O)(=O)Cc1cc(F)ccc1F. The van der Waals surface area contributed by atoms with Crippen LogP contribution in [0.25, 0.3) is 11.3 Å². The highest BCUT2D eigenvalue weighted by molar-refractivity contribution is 7.88. The normalized spacial score (nSPS) is 22.0. The van der Waals surface area contributed by atoms with Crippen LogP contribution in [-0.2, 0) is 21.2 Å². The third-order valence-corrected chi connectivity index (χ3v) is 10.2. The summed E-state index contributed by atoms with van der Waals surface area (Å²) in [6.45, 7) is 6.00. The molecule has 5 nitrogen and oxygen atoms in total. The second-order valence-corrected chi connectivity index (χ2v) is 12.4. The van der Waals surface area contributed by atoms with Gasteiger partial charge in [-0.1, -0.05) is 26.8 Å². The molecule has 0 amide bonds. The van der Waals surface area contributed by atoms with Gasteiger partial charge >= 0.3 is 0 Å². The van der Waals surface area contributed by atoms with Crippen molar-refractivity contribution < 1.29 is 26.0 Å². The molecular formula is C27H27F4N3O2S. The van der Waals surface area contributed by atoms with Crippen LogP contribution in [-0.4, -0.2) is 36.0 Å². The molecule has 10 heteroatoms. The first-order valence-electron chi connectivity index (χ1n) is 12.2. The molecule has 2 atom stereocenters. The molecule has 0 radical (unpaired) electrons. The minimum atomic E-state index is -4.02. The van der Waals surface area contributed by atoms with E-state index in [0.717, 1.165) is 42.3 Å². The summed E-state index contributed by atoms with van der Waals surface area (Å²) in [6.07, 6.45) is 1.40. The second-order valence-electron chi connectivity index (χ2n) is 10.4. The topological polar surface area (TPSA) is 63.2 Å². The van der Waals surface area contributed by atoms with Crippen LogP contribution >= 0.6 is 0 Å². The number of likely N-dealkylation sites (N-methyl/N-ethyl adjacent to an activating group) is 1. The standard InChI is InChI=1S/C27H27F4N3O2S/c1-4-34(37(35,36)14-16-12-17(28)8-9-20(16)29)15-27-11-10-19(26(27,2)3)18-13-23(32-33-25(18)27)24-21(30)6-5-7-22(24)31/h5-9,12-13,19H,4,10-11,14-15H2,1-3H3/t19-,27-/m0/s1. The maximum atomic E-state index is 14.5. The molecule has 0 N–H and O–H groups in total. The Labute approximate surface area is 213 Å². The highest BCUT2D eigenvalue weighted by Gasteiger charge is 2.64. The fourth-order valence-electron chi connectivity index (χ4n) is 6.29. The Morgan fingerprint density at radius 1 is 1.00 bits per heavy atom. The lowest BCUT2D eigenvalue weighted by molar-refractivity contribution is 0.169. The number of rotatable bonds is 7. The number of halogens is 4. The van der Waals surface area contributed by atoms with E-state index in [9.17, 15) is 26.0 Å². The number of benzene rings is 2. The van der Waals surface area contributed by atoms with E-state index in [1.54, 1.807) is 13.0 Å². The zero-order valence-electron chi connectivity index (χ0n) is 20.7. The third-order valence-electron chi connectivity index (χ3n) is 8.37. The fraction of sp³-hybridized carbons (Fsp3) is 0.407. The number of fused-ring (bicyclic) bond motifs is 5. The minimum Gasteiger partial charge on any atom is -0.212 e. The summed E-state index contributed by atoms with van der Waals surface area (Å²) < 4.78 is 85.0. The van der Waals surface area contributed by atoms with Crippen molar-refractivity contribution in [1.82, 2.24) is 14.5 Å². The van der Waals surface area contributed by atoms with Gasteiger partial charge in [-0.3, -0.25) is 0 Å². The molecular weight excluding hydrogens is 506 g/mol. The molecule has 2 aliphatic rings. The molecule has 0 spiro atoms. The third kappa shape index (κ3) is 3.96. The highest BCUT2D eigenvalue weighted by atomic mass is 32.2. The molecule has 1 fully saturated rings. The van der Waals surface area contributed by atoms with E-state index in [2.05, 4.69) is 10.2 Å². The molecule has 1 heterocycles. The van der Waals surface area contributed by atoms with E-state index < -0.39 is 49.9 Å². The van der Waals surface area contributed by atoms with Crippen molar-refractivity contribution in [3.63, 3.8) is 0 Å². The Bertz CT molecular complexity index is 1470. The van der Waals surface area contributed by atoms with Gasteiger partial charge in [0.05, 0.1) is 22.7 Å². The number of aromatic nitrogens is 2. The monoisotopic (exact) mass is 533 g/mol. The van der Waals surface area contributed by atoms with Crippen molar-refractivity contribution >= 4 is 10.0 Å². The van der Waals surface area contributed by atoms with Crippen LogP contribution in [0.3, 0.4) is 0 Å².